The van der Waals surface area contributed by atoms with Crippen LogP contribution in [-0.2, 0) is 0 Å². The normalized spacial score (nSPS) is 17.6. The molecule has 1 saturated heterocycles. The maximum absolute atomic E-state index is 13.0. The Morgan fingerprint density at radius 3 is 2.92 bits per heavy atom. The van der Waals surface area contributed by atoms with Crippen molar-refractivity contribution in [1.82, 2.24) is 25.4 Å². The van der Waals surface area contributed by atoms with Gasteiger partial charge in [-0.1, -0.05) is 12.1 Å². The van der Waals surface area contributed by atoms with Gasteiger partial charge in [0.15, 0.2) is 5.69 Å². The third-order valence-corrected chi connectivity index (χ3v) is 4.55. The molecule has 1 amide bonds. The number of nitrogens with one attached hydrogen (secondary N) is 2. The fourth-order valence-corrected chi connectivity index (χ4v) is 3.25. The first kappa shape index (κ1) is 15.6. The number of nitrogens with zero attached hydrogens (tertiary/aromatic N) is 3. The number of piperazine rings is 1. The first-order valence-electron chi connectivity index (χ1n) is 8.21. The number of benzene rings is 1. The lowest BCUT2D eigenvalue weighted by atomic mass is 10.1. The van der Waals surface area contributed by atoms with Gasteiger partial charge in [0.2, 0.25) is 0 Å². The Balaban J connectivity index is 1.61. The average molecular weight is 337 g/mol. The highest BCUT2D eigenvalue weighted by Gasteiger charge is 2.27. The van der Waals surface area contributed by atoms with Crippen molar-refractivity contribution in [3.63, 3.8) is 0 Å². The Hall–Kier alpha value is -2.93. The molecule has 0 saturated carbocycles. The molecule has 128 valence electrons. The number of fused-ring (bicyclic) bond motifs is 1. The van der Waals surface area contributed by atoms with Crippen LogP contribution in [0.15, 0.2) is 42.7 Å². The fourth-order valence-electron chi connectivity index (χ4n) is 3.25. The summed E-state index contributed by atoms with van der Waals surface area (Å²) >= 11 is 0. The molecule has 4 rings (SSSR count). The third kappa shape index (κ3) is 2.83. The number of aromatic amines is 1. The van der Waals surface area contributed by atoms with Crippen LogP contribution in [0.3, 0.4) is 0 Å². The number of ether oxygens (including phenoxy) is 1. The van der Waals surface area contributed by atoms with Gasteiger partial charge in [0.05, 0.1) is 13.2 Å². The van der Waals surface area contributed by atoms with Crippen LogP contribution >= 0.6 is 0 Å². The highest BCUT2D eigenvalue weighted by atomic mass is 16.5. The summed E-state index contributed by atoms with van der Waals surface area (Å²) < 4.78 is 5.33. The van der Waals surface area contributed by atoms with E-state index in [4.69, 9.17) is 4.74 Å². The van der Waals surface area contributed by atoms with E-state index in [2.05, 4.69) is 20.5 Å². The molecule has 7 heteroatoms. The number of methoxy groups -OCH3 is 1. The van der Waals surface area contributed by atoms with E-state index >= 15 is 0 Å². The van der Waals surface area contributed by atoms with Crippen LogP contribution < -0.4 is 10.1 Å². The molecule has 2 N–H and O–H groups in total. The molecule has 1 unspecified atom stereocenters. The Labute approximate surface area is 145 Å². The van der Waals surface area contributed by atoms with Gasteiger partial charge in [0, 0.05) is 37.4 Å². The third-order valence-electron chi connectivity index (χ3n) is 4.55. The summed E-state index contributed by atoms with van der Waals surface area (Å²) in [5.74, 6) is 0.610. The lowest BCUT2D eigenvalue weighted by Gasteiger charge is -2.33. The molecule has 0 aliphatic carbocycles. The number of hydrogen-bond acceptors (Lipinski definition) is 5. The lowest BCUT2D eigenvalue weighted by molar-refractivity contribution is 0.0699. The largest absolute Gasteiger partial charge is 0.494 e. The number of hydrogen-bond donors (Lipinski definition) is 2. The Morgan fingerprint density at radius 2 is 2.12 bits per heavy atom. The molecule has 3 heterocycles. The SMILES string of the molecule is COc1cccc2c(C(=O)N3CCNC(c4ccncc4)C3)n[nH]c12. The maximum atomic E-state index is 13.0. The number of rotatable bonds is 3. The minimum absolute atomic E-state index is 0.0694. The van der Waals surface area contributed by atoms with Gasteiger partial charge in [-0.15, -0.1) is 0 Å². The Kier molecular flexibility index (Phi) is 4.07. The first-order valence-corrected chi connectivity index (χ1v) is 8.21. The molecule has 2 aromatic heterocycles. The Morgan fingerprint density at radius 1 is 1.28 bits per heavy atom. The number of amides is 1. The molecule has 25 heavy (non-hydrogen) atoms. The van der Waals surface area contributed by atoms with Crippen molar-refractivity contribution < 1.29 is 9.53 Å². The van der Waals surface area contributed by atoms with E-state index in [1.54, 1.807) is 19.5 Å². The van der Waals surface area contributed by atoms with Gasteiger partial charge in [0.25, 0.3) is 5.91 Å². The van der Waals surface area contributed by atoms with Crippen molar-refractivity contribution >= 4 is 16.8 Å². The zero-order valence-corrected chi connectivity index (χ0v) is 13.9. The van der Waals surface area contributed by atoms with E-state index in [1.807, 2.05) is 35.2 Å². The van der Waals surface area contributed by atoms with Crippen LogP contribution in [0.25, 0.3) is 10.9 Å². The summed E-state index contributed by atoms with van der Waals surface area (Å²) in [7, 11) is 1.60. The Bertz CT molecular complexity index is 893. The maximum Gasteiger partial charge on any atom is 0.275 e. The summed E-state index contributed by atoms with van der Waals surface area (Å²) in [6.07, 6.45) is 3.54. The molecule has 3 aromatic rings. The molecule has 0 spiro atoms. The molecule has 7 nitrogen and oxygen atoms in total. The van der Waals surface area contributed by atoms with Gasteiger partial charge in [-0.2, -0.15) is 5.10 Å². The standard InChI is InChI=1S/C18H19N5O2/c1-25-15-4-2-3-13-16(15)21-22-17(13)18(24)23-10-9-20-14(11-23)12-5-7-19-8-6-12/h2-8,14,20H,9-11H2,1H3,(H,21,22). The minimum Gasteiger partial charge on any atom is -0.494 e. The summed E-state index contributed by atoms with van der Waals surface area (Å²) in [6, 6.07) is 9.64. The predicted molar refractivity (Wildman–Crippen MR) is 93.5 cm³/mol. The van der Waals surface area contributed by atoms with Crippen LogP contribution in [0.5, 0.6) is 5.75 Å². The van der Waals surface area contributed by atoms with Gasteiger partial charge in [-0.25, -0.2) is 0 Å². The molecule has 0 radical (unpaired) electrons. The molecule has 1 aromatic carbocycles. The lowest BCUT2D eigenvalue weighted by Crippen LogP contribution is -2.48. The molecule has 0 bridgehead atoms. The predicted octanol–water partition coefficient (Wildman–Crippen LogP) is 1.75. The van der Waals surface area contributed by atoms with Gasteiger partial charge >= 0.3 is 0 Å². The second-order valence-electron chi connectivity index (χ2n) is 5.99. The molecular weight excluding hydrogens is 318 g/mol. The minimum atomic E-state index is -0.0694. The van der Waals surface area contributed by atoms with Crippen molar-refractivity contribution in [2.24, 2.45) is 0 Å². The summed E-state index contributed by atoms with van der Waals surface area (Å²) in [5.41, 5.74) is 2.31. The number of H-pyrrole nitrogens is 1. The van der Waals surface area contributed by atoms with E-state index in [0.717, 1.165) is 23.0 Å². The highest BCUT2D eigenvalue weighted by Crippen LogP contribution is 2.27. The second kappa shape index (κ2) is 6.52. The molecule has 1 aliphatic rings. The van der Waals surface area contributed by atoms with Crippen LogP contribution in [0.1, 0.15) is 22.1 Å². The van der Waals surface area contributed by atoms with E-state index in [1.165, 1.54) is 0 Å². The van der Waals surface area contributed by atoms with Crippen molar-refractivity contribution in [2.45, 2.75) is 6.04 Å². The number of carbonyl (C=O) groups excluding carboxylic acids is 1. The van der Waals surface area contributed by atoms with E-state index < -0.39 is 0 Å². The van der Waals surface area contributed by atoms with Gasteiger partial charge in [-0.3, -0.25) is 14.9 Å². The molecule has 1 atom stereocenters. The first-order chi connectivity index (χ1) is 12.3. The number of para-hydroxylation sites is 1. The van der Waals surface area contributed by atoms with Crippen molar-refractivity contribution in [1.29, 1.82) is 0 Å². The monoisotopic (exact) mass is 337 g/mol. The van der Waals surface area contributed by atoms with E-state index in [0.29, 0.717) is 24.5 Å². The second-order valence-corrected chi connectivity index (χ2v) is 5.99. The number of carbonyl (C=O) groups is 1. The molecule has 1 aliphatic heterocycles. The summed E-state index contributed by atoms with van der Waals surface area (Å²) in [4.78, 5) is 18.9. The zero-order valence-electron chi connectivity index (χ0n) is 13.9. The summed E-state index contributed by atoms with van der Waals surface area (Å²) in [6.45, 7) is 1.99. The summed E-state index contributed by atoms with van der Waals surface area (Å²) in [5, 5.41) is 11.4. The highest BCUT2D eigenvalue weighted by molar-refractivity contribution is 6.06. The number of aromatic nitrogens is 3. The van der Waals surface area contributed by atoms with Crippen molar-refractivity contribution in [3.8, 4) is 5.75 Å². The van der Waals surface area contributed by atoms with Gasteiger partial charge in [-0.05, 0) is 23.8 Å². The average Bonchev–Trinajstić information content (AvgIpc) is 3.12. The van der Waals surface area contributed by atoms with Crippen LogP contribution in [-0.4, -0.2) is 52.7 Å². The fraction of sp³-hybridized carbons (Fsp3) is 0.278. The smallest absolute Gasteiger partial charge is 0.275 e. The van der Waals surface area contributed by atoms with E-state index in [9.17, 15) is 4.79 Å². The topological polar surface area (TPSA) is 83.1 Å². The zero-order chi connectivity index (χ0) is 17.2. The molecular formula is C18H19N5O2. The van der Waals surface area contributed by atoms with Crippen LogP contribution in [0.2, 0.25) is 0 Å². The van der Waals surface area contributed by atoms with Crippen molar-refractivity contribution in [2.75, 3.05) is 26.7 Å². The van der Waals surface area contributed by atoms with Gasteiger partial charge < -0.3 is 15.0 Å². The van der Waals surface area contributed by atoms with Crippen LogP contribution in [0, 0.1) is 0 Å². The molecule has 1 fully saturated rings. The van der Waals surface area contributed by atoms with Crippen LogP contribution in [0.4, 0.5) is 0 Å². The van der Waals surface area contributed by atoms with E-state index in [-0.39, 0.29) is 11.9 Å². The van der Waals surface area contributed by atoms with Crippen molar-refractivity contribution in [3.05, 3.63) is 54.0 Å². The quantitative estimate of drug-likeness (QED) is 0.761. The number of pyridine rings is 1. The van der Waals surface area contributed by atoms with Gasteiger partial charge in [0.1, 0.15) is 11.3 Å².